The molecule has 28 heavy (non-hydrogen) atoms. The first-order valence-electron chi connectivity index (χ1n) is 10.1. The molecular formula is C23H30N3OS+. The summed E-state index contributed by atoms with van der Waals surface area (Å²) in [7, 11) is 0. The molecule has 0 radical (unpaired) electrons. The van der Waals surface area contributed by atoms with Gasteiger partial charge in [0.25, 0.3) is 5.91 Å². The van der Waals surface area contributed by atoms with Crippen LogP contribution in [0, 0.1) is 23.2 Å². The molecule has 0 aliphatic heterocycles. The van der Waals surface area contributed by atoms with E-state index >= 15 is 0 Å². The molecule has 148 valence electrons. The smallest absolute Gasteiger partial charge is 0.276 e. The molecule has 1 saturated carbocycles. The number of amides is 1. The highest BCUT2D eigenvalue weighted by Crippen LogP contribution is 2.39. The molecule has 4 nitrogen and oxygen atoms in total. The summed E-state index contributed by atoms with van der Waals surface area (Å²) in [5.41, 5.74) is 1.81. The molecule has 0 bridgehead atoms. The molecule has 0 spiro atoms. The number of benzene rings is 1. The average Bonchev–Trinajstić information content (AvgIpc) is 3.40. The Hall–Kier alpha value is -2.16. The molecule has 1 aromatic heterocycles. The third-order valence-electron chi connectivity index (χ3n) is 5.40. The highest BCUT2D eigenvalue weighted by Gasteiger charge is 2.43. The molecular weight excluding hydrogens is 366 g/mol. The standard InChI is InChI=1S/C23H29N3OS/c1-16(2)13-17-6-8-18(9-7-17)22(20-5-4-12-28-20)25-14-21(27)26-23(3,15-24)19-10-11-19/h4-9,12,16,19,22,25H,10-11,13-14H2,1-3H3,(H,26,27)/p+1/t22-,23+/m0/s1. The van der Waals surface area contributed by atoms with Crippen LogP contribution >= 0.6 is 11.3 Å². The molecule has 2 aromatic rings. The molecule has 1 fully saturated rings. The van der Waals surface area contributed by atoms with Crippen LogP contribution in [-0.4, -0.2) is 18.0 Å². The summed E-state index contributed by atoms with van der Waals surface area (Å²) >= 11 is 1.71. The monoisotopic (exact) mass is 396 g/mol. The van der Waals surface area contributed by atoms with Crippen LogP contribution in [0.25, 0.3) is 0 Å². The van der Waals surface area contributed by atoms with Gasteiger partial charge in [-0.3, -0.25) is 4.79 Å². The summed E-state index contributed by atoms with van der Waals surface area (Å²) in [5.74, 6) is 0.854. The lowest BCUT2D eigenvalue weighted by molar-refractivity contribution is -0.676. The van der Waals surface area contributed by atoms with Gasteiger partial charge in [-0.25, -0.2) is 0 Å². The minimum atomic E-state index is -0.734. The Morgan fingerprint density at radius 3 is 2.57 bits per heavy atom. The quantitative estimate of drug-likeness (QED) is 0.682. The maximum absolute atomic E-state index is 12.5. The molecule has 3 rings (SSSR count). The maximum Gasteiger partial charge on any atom is 0.276 e. The normalized spacial score (nSPS) is 17.0. The number of carbonyl (C=O) groups excluding carboxylic acids is 1. The summed E-state index contributed by atoms with van der Waals surface area (Å²) in [4.78, 5) is 13.8. The Kier molecular flexibility index (Phi) is 6.53. The van der Waals surface area contributed by atoms with E-state index in [4.69, 9.17) is 0 Å². The van der Waals surface area contributed by atoms with E-state index in [9.17, 15) is 10.1 Å². The third kappa shape index (κ3) is 5.21. The summed E-state index contributed by atoms with van der Waals surface area (Å²) in [6.07, 6.45) is 3.12. The van der Waals surface area contributed by atoms with Crippen LogP contribution in [0.5, 0.6) is 0 Å². The van der Waals surface area contributed by atoms with Crippen molar-refractivity contribution in [3.05, 3.63) is 57.8 Å². The molecule has 0 unspecified atom stereocenters. The van der Waals surface area contributed by atoms with E-state index in [2.05, 4.69) is 66.3 Å². The van der Waals surface area contributed by atoms with E-state index in [1.165, 1.54) is 16.0 Å². The van der Waals surface area contributed by atoms with Gasteiger partial charge in [-0.05, 0) is 55.0 Å². The lowest BCUT2D eigenvalue weighted by atomic mass is 9.97. The number of nitrogens with one attached hydrogen (secondary N) is 1. The number of quaternary nitrogens is 1. The molecule has 1 aromatic carbocycles. The summed E-state index contributed by atoms with van der Waals surface area (Å²) in [6.45, 7) is 6.60. The number of rotatable bonds is 9. The fourth-order valence-corrected chi connectivity index (χ4v) is 4.52. The van der Waals surface area contributed by atoms with Crippen molar-refractivity contribution in [3.63, 3.8) is 0 Å². The maximum atomic E-state index is 12.5. The van der Waals surface area contributed by atoms with Gasteiger partial charge in [-0.1, -0.05) is 44.2 Å². The van der Waals surface area contributed by atoms with Crippen molar-refractivity contribution < 1.29 is 10.1 Å². The minimum absolute atomic E-state index is 0.0751. The summed E-state index contributed by atoms with van der Waals surface area (Å²) in [6, 6.07) is 15.3. The zero-order valence-corrected chi connectivity index (χ0v) is 17.8. The number of thiophene rings is 1. The Bertz CT molecular complexity index is 819. The number of nitrogens with two attached hydrogens (primary N) is 1. The summed E-state index contributed by atoms with van der Waals surface area (Å²) in [5, 5.41) is 16.6. The Morgan fingerprint density at radius 2 is 2.04 bits per heavy atom. The molecule has 5 heteroatoms. The second kappa shape index (κ2) is 8.89. The highest BCUT2D eigenvalue weighted by atomic mass is 32.1. The second-order valence-electron chi connectivity index (χ2n) is 8.41. The Balaban J connectivity index is 1.68. The molecule has 2 atom stereocenters. The van der Waals surface area contributed by atoms with Crippen molar-refractivity contribution in [1.82, 2.24) is 5.32 Å². The summed E-state index contributed by atoms with van der Waals surface area (Å²) < 4.78 is 0. The van der Waals surface area contributed by atoms with Gasteiger partial charge >= 0.3 is 0 Å². The van der Waals surface area contributed by atoms with Gasteiger partial charge < -0.3 is 10.6 Å². The third-order valence-corrected chi connectivity index (χ3v) is 6.35. The van der Waals surface area contributed by atoms with Crippen molar-refractivity contribution in [1.29, 1.82) is 5.26 Å². The molecule has 1 aliphatic carbocycles. The highest BCUT2D eigenvalue weighted by molar-refractivity contribution is 7.10. The van der Waals surface area contributed by atoms with Crippen LogP contribution in [0.15, 0.2) is 41.8 Å². The van der Waals surface area contributed by atoms with E-state index < -0.39 is 5.54 Å². The zero-order chi connectivity index (χ0) is 20.1. The van der Waals surface area contributed by atoms with E-state index in [1.54, 1.807) is 11.3 Å². The van der Waals surface area contributed by atoms with Gasteiger partial charge in [0.1, 0.15) is 11.6 Å². The number of nitrogens with zero attached hydrogens (tertiary/aromatic N) is 1. The second-order valence-corrected chi connectivity index (χ2v) is 9.39. The van der Waals surface area contributed by atoms with Crippen LogP contribution in [0.4, 0.5) is 0 Å². The van der Waals surface area contributed by atoms with Crippen molar-refractivity contribution in [3.8, 4) is 6.07 Å². The van der Waals surface area contributed by atoms with E-state index in [-0.39, 0.29) is 11.9 Å². The van der Waals surface area contributed by atoms with Crippen molar-refractivity contribution >= 4 is 17.2 Å². The fraction of sp³-hybridized carbons (Fsp3) is 0.478. The largest absolute Gasteiger partial charge is 0.333 e. The molecule has 1 aliphatic rings. The number of hydrogen-bond donors (Lipinski definition) is 2. The topological polar surface area (TPSA) is 69.5 Å². The number of nitriles is 1. The Morgan fingerprint density at radius 1 is 1.32 bits per heavy atom. The van der Waals surface area contributed by atoms with Crippen LogP contribution < -0.4 is 10.6 Å². The average molecular weight is 397 g/mol. The molecule has 0 saturated heterocycles. The minimum Gasteiger partial charge on any atom is -0.333 e. The number of hydrogen-bond acceptors (Lipinski definition) is 3. The predicted octanol–water partition coefficient (Wildman–Crippen LogP) is 3.41. The van der Waals surface area contributed by atoms with Gasteiger partial charge in [0.2, 0.25) is 0 Å². The van der Waals surface area contributed by atoms with Gasteiger partial charge in [0.05, 0.1) is 10.9 Å². The SMILES string of the molecule is CC(C)Cc1ccc([C@H]([NH2+]CC(=O)N[C@](C)(C#N)C2CC2)c2cccs2)cc1. The first-order valence-corrected chi connectivity index (χ1v) is 11.0. The number of carbonyl (C=O) groups is 1. The molecule has 1 amide bonds. The Labute approximate surface area is 172 Å². The van der Waals surface area contributed by atoms with E-state index in [0.717, 1.165) is 19.3 Å². The van der Waals surface area contributed by atoms with Crippen molar-refractivity contribution in [2.24, 2.45) is 11.8 Å². The lowest BCUT2D eigenvalue weighted by Gasteiger charge is -2.23. The van der Waals surface area contributed by atoms with Crippen LogP contribution in [-0.2, 0) is 11.2 Å². The predicted molar refractivity (Wildman–Crippen MR) is 113 cm³/mol. The van der Waals surface area contributed by atoms with Crippen LogP contribution in [0.3, 0.4) is 0 Å². The van der Waals surface area contributed by atoms with Gasteiger partial charge in [-0.2, -0.15) is 5.26 Å². The molecule has 3 N–H and O–H groups in total. The van der Waals surface area contributed by atoms with Crippen LogP contribution in [0.2, 0.25) is 0 Å². The van der Waals surface area contributed by atoms with Gasteiger partial charge in [-0.15, -0.1) is 11.3 Å². The van der Waals surface area contributed by atoms with E-state index in [0.29, 0.717) is 18.4 Å². The molecule has 1 heterocycles. The first kappa shape index (κ1) is 20.6. The van der Waals surface area contributed by atoms with E-state index in [1.807, 2.05) is 13.0 Å². The first-order chi connectivity index (χ1) is 13.4. The lowest BCUT2D eigenvalue weighted by Crippen LogP contribution is -2.88. The van der Waals surface area contributed by atoms with Crippen molar-refractivity contribution in [2.45, 2.75) is 51.6 Å². The van der Waals surface area contributed by atoms with Gasteiger partial charge in [0, 0.05) is 5.56 Å². The fourth-order valence-electron chi connectivity index (χ4n) is 3.66. The zero-order valence-electron chi connectivity index (χ0n) is 16.9. The van der Waals surface area contributed by atoms with Crippen molar-refractivity contribution in [2.75, 3.05) is 6.54 Å². The van der Waals surface area contributed by atoms with Crippen LogP contribution in [0.1, 0.15) is 55.7 Å². The van der Waals surface area contributed by atoms with Gasteiger partial charge in [0.15, 0.2) is 6.54 Å².